The van der Waals surface area contributed by atoms with E-state index in [4.69, 9.17) is 17.0 Å². The van der Waals surface area contributed by atoms with Gasteiger partial charge in [0.25, 0.3) is 11.5 Å². The molecule has 0 radical (unpaired) electrons. The van der Waals surface area contributed by atoms with E-state index in [1.54, 1.807) is 31.4 Å². The fourth-order valence-corrected chi connectivity index (χ4v) is 4.30. The van der Waals surface area contributed by atoms with E-state index < -0.39 is 0 Å². The summed E-state index contributed by atoms with van der Waals surface area (Å²) in [7, 11) is 1.64. The number of rotatable bonds is 5. The Balaban J connectivity index is 1.68. The lowest BCUT2D eigenvalue weighted by atomic mass is 10.0. The van der Waals surface area contributed by atoms with Gasteiger partial charge in [-0.05, 0) is 61.0 Å². The summed E-state index contributed by atoms with van der Waals surface area (Å²) in [5.41, 5.74) is 2.00. The van der Waals surface area contributed by atoms with Crippen LogP contribution in [0.3, 0.4) is 0 Å². The van der Waals surface area contributed by atoms with Crippen molar-refractivity contribution in [2.45, 2.75) is 25.4 Å². The Labute approximate surface area is 179 Å². The van der Waals surface area contributed by atoms with Crippen LogP contribution in [0.2, 0.25) is 0 Å². The number of hydrogen-bond acceptors (Lipinski definition) is 4. The van der Waals surface area contributed by atoms with Crippen LogP contribution in [-0.2, 0) is 6.54 Å². The van der Waals surface area contributed by atoms with Crippen molar-refractivity contribution in [1.29, 1.82) is 0 Å². The number of likely N-dealkylation sites (tertiary alicyclic amines) is 1. The van der Waals surface area contributed by atoms with Gasteiger partial charge in [0, 0.05) is 18.7 Å². The molecule has 6 nitrogen and oxygen atoms in total. The first kappa shape index (κ1) is 20.1. The fourth-order valence-electron chi connectivity index (χ4n) is 4.03. The van der Waals surface area contributed by atoms with Gasteiger partial charge in [-0.25, -0.2) is 0 Å². The predicted octanol–water partition coefficient (Wildman–Crippen LogP) is 4.23. The highest BCUT2D eigenvalue weighted by Crippen LogP contribution is 2.34. The second-order valence-corrected chi connectivity index (χ2v) is 7.71. The van der Waals surface area contributed by atoms with Crippen LogP contribution in [0.15, 0.2) is 59.9 Å². The summed E-state index contributed by atoms with van der Waals surface area (Å²) >= 11 is 5.31. The normalized spacial score (nSPS) is 16.0. The number of hydrogen-bond donors (Lipinski definition) is 1. The first-order valence-corrected chi connectivity index (χ1v) is 10.3. The number of aromatic nitrogens is 2. The summed E-state index contributed by atoms with van der Waals surface area (Å²) in [4.78, 5) is 31.0. The average Bonchev–Trinajstić information content (AvgIpc) is 3.25. The third kappa shape index (κ3) is 3.57. The zero-order valence-electron chi connectivity index (χ0n) is 16.8. The summed E-state index contributed by atoms with van der Waals surface area (Å²) in [6, 6.07) is 13.0. The fraction of sp³-hybridized carbons (Fsp3) is 0.261. The molecule has 1 aromatic heterocycles. The van der Waals surface area contributed by atoms with Crippen LogP contribution in [0, 0.1) is 4.77 Å². The summed E-state index contributed by atoms with van der Waals surface area (Å²) in [5, 5.41) is 0.495. The molecule has 1 aliphatic rings. The van der Waals surface area contributed by atoms with E-state index in [0.29, 0.717) is 34.3 Å². The lowest BCUT2D eigenvalue weighted by Crippen LogP contribution is -2.30. The van der Waals surface area contributed by atoms with Crippen LogP contribution in [-0.4, -0.2) is 34.0 Å². The summed E-state index contributed by atoms with van der Waals surface area (Å²) in [6.45, 7) is 4.70. The monoisotopic (exact) mass is 421 g/mol. The molecule has 0 spiro atoms. The van der Waals surface area contributed by atoms with Crippen molar-refractivity contribution >= 4 is 29.0 Å². The molecule has 1 N–H and O–H groups in total. The molecule has 30 heavy (non-hydrogen) atoms. The molecule has 0 aliphatic carbocycles. The molecule has 0 saturated carbocycles. The van der Waals surface area contributed by atoms with Crippen LogP contribution in [0.4, 0.5) is 0 Å². The van der Waals surface area contributed by atoms with Crippen molar-refractivity contribution in [2.24, 2.45) is 0 Å². The van der Waals surface area contributed by atoms with Gasteiger partial charge in [0.15, 0.2) is 4.77 Å². The number of nitrogens with zero attached hydrogens (tertiary/aromatic N) is 2. The molecule has 2 aromatic carbocycles. The minimum atomic E-state index is -0.190. The Bertz CT molecular complexity index is 1230. The minimum Gasteiger partial charge on any atom is -0.497 e. The van der Waals surface area contributed by atoms with Gasteiger partial charge < -0.3 is 14.6 Å². The molecule has 3 aromatic rings. The van der Waals surface area contributed by atoms with Gasteiger partial charge >= 0.3 is 0 Å². The van der Waals surface area contributed by atoms with E-state index in [2.05, 4.69) is 11.6 Å². The van der Waals surface area contributed by atoms with Crippen LogP contribution in [0.5, 0.6) is 5.75 Å². The van der Waals surface area contributed by atoms with Gasteiger partial charge in [-0.1, -0.05) is 18.2 Å². The number of allylic oxidation sites excluding steroid dienone is 1. The summed E-state index contributed by atoms with van der Waals surface area (Å²) < 4.78 is 7.00. The highest BCUT2D eigenvalue weighted by atomic mass is 32.1. The number of methoxy groups -OCH3 is 1. The van der Waals surface area contributed by atoms with Crippen LogP contribution in [0.1, 0.15) is 34.8 Å². The predicted molar refractivity (Wildman–Crippen MR) is 120 cm³/mol. The van der Waals surface area contributed by atoms with E-state index in [-0.39, 0.29) is 17.5 Å². The zero-order valence-corrected chi connectivity index (χ0v) is 17.6. The van der Waals surface area contributed by atoms with Crippen molar-refractivity contribution in [3.63, 3.8) is 0 Å². The number of fused-ring (bicyclic) bond motifs is 1. The lowest BCUT2D eigenvalue weighted by Gasteiger charge is -2.25. The average molecular weight is 422 g/mol. The molecule has 0 bridgehead atoms. The van der Waals surface area contributed by atoms with Gasteiger partial charge in [0.05, 0.1) is 24.1 Å². The van der Waals surface area contributed by atoms with Gasteiger partial charge in [-0.15, -0.1) is 6.58 Å². The number of benzene rings is 2. The molecule has 154 valence electrons. The Morgan fingerprint density at radius 2 is 2.07 bits per heavy atom. The highest BCUT2D eigenvalue weighted by molar-refractivity contribution is 7.71. The summed E-state index contributed by atoms with van der Waals surface area (Å²) in [5.74, 6) is 0.742. The SMILES string of the molecule is C=CCn1c(=S)[nH]c2cc(C(=O)N3CCCC3c3ccc(OC)cc3)ccc2c1=O. The topological polar surface area (TPSA) is 67.3 Å². The number of carbonyl (C=O) groups excluding carboxylic acids is 1. The largest absolute Gasteiger partial charge is 0.497 e. The van der Waals surface area contributed by atoms with E-state index >= 15 is 0 Å². The molecule has 7 heteroatoms. The van der Waals surface area contributed by atoms with Crippen LogP contribution < -0.4 is 10.3 Å². The molecular weight excluding hydrogens is 398 g/mol. The third-order valence-electron chi connectivity index (χ3n) is 5.55. The number of aromatic amines is 1. The number of amides is 1. The van der Waals surface area contributed by atoms with Gasteiger partial charge in [0.1, 0.15) is 5.75 Å². The second kappa shape index (κ2) is 8.28. The molecule has 1 saturated heterocycles. The van der Waals surface area contributed by atoms with Crippen molar-refractivity contribution in [3.8, 4) is 5.75 Å². The van der Waals surface area contributed by atoms with Crippen LogP contribution >= 0.6 is 12.2 Å². The smallest absolute Gasteiger partial charge is 0.262 e. The third-order valence-corrected chi connectivity index (χ3v) is 5.88. The number of ether oxygens (including phenoxy) is 1. The molecule has 4 rings (SSSR count). The Kier molecular flexibility index (Phi) is 5.55. The molecule has 2 heterocycles. The van der Waals surface area contributed by atoms with E-state index in [1.165, 1.54) is 4.57 Å². The maximum Gasteiger partial charge on any atom is 0.262 e. The second-order valence-electron chi connectivity index (χ2n) is 7.32. The highest BCUT2D eigenvalue weighted by Gasteiger charge is 2.30. The molecule has 1 atom stereocenters. The van der Waals surface area contributed by atoms with E-state index in [1.807, 2.05) is 29.2 Å². The number of H-pyrrole nitrogens is 1. The first-order chi connectivity index (χ1) is 14.5. The Hall–Kier alpha value is -3.19. The van der Waals surface area contributed by atoms with E-state index in [9.17, 15) is 9.59 Å². The van der Waals surface area contributed by atoms with Crippen molar-refractivity contribution < 1.29 is 9.53 Å². The van der Waals surface area contributed by atoms with Gasteiger partial charge in [-0.3, -0.25) is 14.2 Å². The number of carbonyl (C=O) groups is 1. The van der Waals surface area contributed by atoms with Crippen molar-refractivity contribution in [2.75, 3.05) is 13.7 Å². The molecular formula is C23H23N3O3S. The molecule has 1 amide bonds. The Morgan fingerprint density at radius 3 is 2.77 bits per heavy atom. The van der Waals surface area contributed by atoms with Gasteiger partial charge in [0.2, 0.25) is 0 Å². The molecule has 1 aliphatic heterocycles. The molecule has 1 fully saturated rings. The maximum absolute atomic E-state index is 13.3. The maximum atomic E-state index is 13.3. The van der Waals surface area contributed by atoms with Crippen molar-refractivity contribution in [1.82, 2.24) is 14.5 Å². The summed E-state index contributed by atoms with van der Waals surface area (Å²) in [6.07, 6.45) is 3.49. The quantitative estimate of drug-likeness (QED) is 0.495. The lowest BCUT2D eigenvalue weighted by molar-refractivity contribution is 0.0736. The standard InChI is InChI=1S/C23H23N3O3S/c1-3-12-26-22(28)18-11-8-16(14-19(18)24-23(26)30)21(27)25-13-4-5-20(25)15-6-9-17(29-2)10-7-15/h3,6-11,14,20H,1,4-5,12-13H2,2H3,(H,24,30). The first-order valence-electron chi connectivity index (χ1n) is 9.86. The van der Waals surface area contributed by atoms with Crippen LogP contribution in [0.25, 0.3) is 10.9 Å². The number of nitrogens with one attached hydrogen (secondary N) is 1. The Morgan fingerprint density at radius 1 is 1.30 bits per heavy atom. The zero-order chi connectivity index (χ0) is 21.3. The molecule has 1 unspecified atom stereocenters. The van der Waals surface area contributed by atoms with Gasteiger partial charge in [-0.2, -0.15) is 0 Å². The van der Waals surface area contributed by atoms with E-state index in [0.717, 1.165) is 24.2 Å². The van der Waals surface area contributed by atoms with Crippen molar-refractivity contribution in [3.05, 3.63) is 81.4 Å². The minimum absolute atomic E-state index is 0.0261.